The van der Waals surface area contributed by atoms with E-state index in [-0.39, 0.29) is 48.7 Å². The molecule has 0 bridgehead atoms. The number of likely N-dealkylation sites (tertiary alicyclic amines) is 1. The maximum atomic E-state index is 13.5. The minimum atomic E-state index is -2.70. The van der Waals surface area contributed by atoms with E-state index >= 15 is 0 Å². The fourth-order valence-electron chi connectivity index (χ4n) is 6.40. The number of hydrogen-bond donors (Lipinski definition) is 2. The molecule has 1 aliphatic carbocycles. The molecule has 2 aromatic heterocycles. The number of amides is 2. The van der Waals surface area contributed by atoms with Gasteiger partial charge in [-0.25, -0.2) is 8.78 Å². The Morgan fingerprint density at radius 3 is 2.50 bits per heavy atom. The molecule has 0 spiro atoms. The van der Waals surface area contributed by atoms with Crippen molar-refractivity contribution in [2.75, 3.05) is 20.2 Å². The number of piperidine rings is 1. The lowest BCUT2D eigenvalue weighted by atomic mass is 9.79. The van der Waals surface area contributed by atoms with E-state index in [1.807, 2.05) is 31.2 Å². The van der Waals surface area contributed by atoms with Gasteiger partial charge in [-0.2, -0.15) is 0 Å². The highest BCUT2D eigenvalue weighted by molar-refractivity contribution is 6.08. The lowest BCUT2D eigenvalue weighted by Gasteiger charge is -2.41. The molecular formula is C30H36F2N4O4. The van der Waals surface area contributed by atoms with Gasteiger partial charge < -0.3 is 24.5 Å². The SMILES string of the molecule is COc1cc(C)[nH]c(=O)c1CNC(=O)c1c(C)n(C(C)C2CCN(C(=O)C3CC(F)(F)C3)CC2)c2ccccc12. The van der Waals surface area contributed by atoms with Crippen LogP contribution in [0.25, 0.3) is 10.9 Å². The molecule has 5 rings (SSSR count). The van der Waals surface area contributed by atoms with Crippen LogP contribution < -0.4 is 15.6 Å². The largest absolute Gasteiger partial charge is 0.496 e. The van der Waals surface area contributed by atoms with Gasteiger partial charge in [0.25, 0.3) is 11.5 Å². The van der Waals surface area contributed by atoms with Crippen LogP contribution in [-0.2, 0) is 11.3 Å². The Bertz CT molecular complexity index is 1500. The van der Waals surface area contributed by atoms with Crippen LogP contribution in [0, 0.1) is 25.7 Å². The van der Waals surface area contributed by atoms with Crippen molar-refractivity contribution in [1.29, 1.82) is 0 Å². The minimum Gasteiger partial charge on any atom is -0.496 e. The first kappa shape index (κ1) is 27.9. The molecule has 2 fully saturated rings. The van der Waals surface area contributed by atoms with E-state index in [2.05, 4.69) is 21.8 Å². The average Bonchev–Trinajstić information content (AvgIpc) is 3.21. The summed E-state index contributed by atoms with van der Waals surface area (Å²) in [5.41, 5.74) is 3.04. The number of carbonyl (C=O) groups excluding carboxylic acids is 2. The third-order valence-corrected chi connectivity index (χ3v) is 8.64. The molecule has 0 radical (unpaired) electrons. The monoisotopic (exact) mass is 554 g/mol. The van der Waals surface area contributed by atoms with Gasteiger partial charge in [0, 0.05) is 60.2 Å². The van der Waals surface area contributed by atoms with Crippen LogP contribution in [0.15, 0.2) is 35.1 Å². The van der Waals surface area contributed by atoms with Gasteiger partial charge in [-0.1, -0.05) is 18.2 Å². The number of nitrogens with zero attached hydrogens (tertiary/aromatic N) is 2. The number of pyridine rings is 1. The molecule has 40 heavy (non-hydrogen) atoms. The van der Waals surface area contributed by atoms with Crippen LogP contribution >= 0.6 is 0 Å². The molecule has 1 atom stereocenters. The van der Waals surface area contributed by atoms with Crippen LogP contribution in [0.5, 0.6) is 5.75 Å². The summed E-state index contributed by atoms with van der Waals surface area (Å²) in [6, 6.07) is 9.54. The Morgan fingerprint density at radius 2 is 1.85 bits per heavy atom. The van der Waals surface area contributed by atoms with Crippen molar-refractivity contribution in [2.24, 2.45) is 11.8 Å². The standard InChI is InChI=1S/C30H36F2N4O4/c1-17-13-25(40-4)23(27(37)34-17)16-33-28(38)26-19(3)36(24-8-6-5-7-22(24)26)18(2)20-9-11-35(12-10-20)29(39)21-14-30(31,32)15-21/h5-8,13,18,20-21H,9-12,14-16H2,1-4H3,(H,33,38)(H,34,37). The third kappa shape index (κ3) is 5.11. The lowest BCUT2D eigenvalue weighted by molar-refractivity contribution is -0.161. The summed E-state index contributed by atoms with van der Waals surface area (Å²) in [6.45, 7) is 6.95. The number of methoxy groups -OCH3 is 1. The number of H-pyrrole nitrogens is 1. The molecule has 1 saturated carbocycles. The smallest absolute Gasteiger partial charge is 0.256 e. The first-order chi connectivity index (χ1) is 19.0. The molecule has 1 aromatic carbocycles. The predicted octanol–water partition coefficient (Wildman–Crippen LogP) is 4.73. The molecule has 8 nitrogen and oxygen atoms in total. The third-order valence-electron chi connectivity index (χ3n) is 8.64. The second-order valence-corrected chi connectivity index (χ2v) is 11.2. The Kier molecular flexibility index (Phi) is 7.46. The number of nitrogens with one attached hydrogen (secondary N) is 2. The Labute approximate surface area is 231 Å². The molecule has 214 valence electrons. The molecule has 2 amide bonds. The van der Waals surface area contributed by atoms with Gasteiger partial charge in [0.2, 0.25) is 11.8 Å². The van der Waals surface area contributed by atoms with Crippen LogP contribution in [0.4, 0.5) is 8.78 Å². The molecule has 1 aliphatic heterocycles. The minimum absolute atomic E-state index is 0.0194. The fourth-order valence-corrected chi connectivity index (χ4v) is 6.40. The summed E-state index contributed by atoms with van der Waals surface area (Å²) >= 11 is 0. The van der Waals surface area contributed by atoms with Gasteiger partial charge in [-0.3, -0.25) is 14.4 Å². The van der Waals surface area contributed by atoms with Gasteiger partial charge >= 0.3 is 0 Å². The van der Waals surface area contributed by atoms with Crippen molar-refractivity contribution in [2.45, 2.75) is 65.0 Å². The summed E-state index contributed by atoms with van der Waals surface area (Å²) in [5, 5.41) is 3.74. The van der Waals surface area contributed by atoms with Crippen molar-refractivity contribution in [1.82, 2.24) is 19.8 Å². The maximum Gasteiger partial charge on any atom is 0.256 e. The average molecular weight is 555 g/mol. The lowest BCUT2D eigenvalue weighted by Crippen LogP contribution is -2.49. The zero-order valence-electron chi connectivity index (χ0n) is 23.4. The second kappa shape index (κ2) is 10.7. The number of aryl methyl sites for hydroxylation is 1. The normalized spacial score (nSPS) is 18.4. The number of carbonyl (C=O) groups is 2. The number of aromatic amines is 1. The van der Waals surface area contributed by atoms with E-state index in [0.29, 0.717) is 35.7 Å². The van der Waals surface area contributed by atoms with Crippen LogP contribution in [0.1, 0.15) is 66.0 Å². The molecule has 2 aliphatic rings. The van der Waals surface area contributed by atoms with Crippen molar-refractivity contribution in [3.63, 3.8) is 0 Å². The van der Waals surface area contributed by atoms with E-state index in [1.54, 1.807) is 17.9 Å². The number of rotatable bonds is 7. The van der Waals surface area contributed by atoms with Gasteiger partial charge in [-0.15, -0.1) is 0 Å². The number of alkyl halides is 2. The first-order valence-corrected chi connectivity index (χ1v) is 13.8. The van der Waals surface area contributed by atoms with Crippen molar-refractivity contribution in [3.05, 3.63) is 63.2 Å². The summed E-state index contributed by atoms with van der Waals surface area (Å²) in [7, 11) is 1.49. The van der Waals surface area contributed by atoms with Crippen LogP contribution in [-0.4, -0.2) is 52.4 Å². The zero-order chi connectivity index (χ0) is 28.8. The quantitative estimate of drug-likeness (QED) is 0.441. The second-order valence-electron chi connectivity index (χ2n) is 11.2. The number of para-hydroxylation sites is 1. The van der Waals surface area contributed by atoms with E-state index < -0.39 is 11.8 Å². The Balaban J connectivity index is 1.33. The molecule has 1 saturated heterocycles. The number of hydrogen-bond acceptors (Lipinski definition) is 4. The van der Waals surface area contributed by atoms with Crippen molar-refractivity contribution < 1.29 is 23.1 Å². The topological polar surface area (TPSA) is 96.4 Å². The number of ether oxygens (including phenoxy) is 1. The van der Waals surface area contributed by atoms with Gasteiger partial charge in [0.05, 0.1) is 24.8 Å². The van der Waals surface area contributed by atoms with Gasteiger partial charge in [0.1, 0.15) is 5.75 Å². The first-order valence-electron chi connectivity index (χ1n) is 13.8. The number of fused-ring (bicyclic) bond motifs is 1. The number of aromatic nitrogens is 2. The van der Waals surface area contributed by atoms with Gasteiger partial charge in [0.15, 0.2) is 0 Å². The maximum absolute atomic E-state index is 13.5. The highest BCUT2D eigenvalue weighted by Crippen LogP contribution is 2.44. The fraction of sp³-hybridized carbons (Fsp3) is 0.500. The van der Waals surface area contributed by atoms with E-state index in [1.165, 1.54) is 7.11 Å². The Hall–Kier alpha value is -3.69. The van der Waals surface area contributed by atoms with Gasteiger partial charge in [-0.05, 0) is 51.7 Å². The van der Waals surface area contributed by atoms with Crippen LogP contribution in [0.2, 0.25) is 0 Å². The molecule has 1 unspecified atom stereocenters. The van der Waals surface area contributed by atoms with Crippen LogP contribution in [0.3, 0.4) is 0 Å². The summed E-state index contributed by atoms with van der Waals surface area (Å²) in [5.74, 6) is -3.01. The molecule has 3 aromatic rings. The van der Waals surface area contributed by atoms with E-state index in [4.69, 9.17) is 4.74 Å². The number of halogens is 2. The van der Waals surface area contributed by atoms with Crippen molar-refractivity contribution in [3.8, 4) is 5.75 Å². The molecular weight excluding hydrogens is 518 g/mol. The highest BCUT2D eigenvalue weighted by atomic mass is 19.3. The van der Waals surface area contributed by atoms with E-state index in [0.717, 1.165) is 29.4 Å². The van der Waals surface area contributed by atoms with E-state index in [9.17, 15) is 23.2 Å². The Morgan fingerprint density at radius 1 is 1.18 bits per heavy atom. The van der Waals surface area contributed by atoms with Crippen molar-refractivity contribution >= 4 is 22.7 Å². The summed E-state index contributed by atoms with van der Waals surface area (Å²) < 4.78 is 34.1. The summed E-state index contributed by atoms with van der Waals surface area (Å²) in [4.78, 5) is 43.2. The molecule has 2 N–H and O–H groups in total. The zero-order valence-corrected chi connectivity index (χ0v) is 23.4. The molecule has 3 heterocycles. The summed E-state index contributed by atoms with van der Waals surface area (Å²) in [6.07, 6.45) is 0.845. The molecule has 10 heteroatoms. The predicted molar refractivity (Wildman–Crippen MR) is 148 cm³/mol. The highest BCUT2D eigenvalue weighted by Gasteiger charge is 2.50. The number of benzene rings is 1.